The Hall–Kier alpha value is -10.1. The van der Waals surface area contributed by atoms with Crippen molar-refractivity contribution < 1.29 is 79.3 Å². The minimum absolute atomic E-state index is 0.00953. The summed E-state index contributed by atoms with van der Waals surface area (Å²) < 4.78 is 0. The van der Waals surface area contributed by atoms with E-state index in [1.54, 1.807) is 48.5 Å². The molecule has 0 fully saturated rings. The Labute approximate surface area is 795 Å². The van der Waals surface area contributed by atoms with Crippen LogP contribution in [0.4, 0.5) is 5.69 Å². The molecule has 0 heterocycles. The van der Waals surface area contributed by atoms with Crippen molar-refractivity contribution in [1.29, 1.82) is 0 Å². The summed E-state index contributed by atoms with van der Waals surface area (Å²) in [7, 11) is 0. The number of hydrogen-bond donors (Lipinski definition) is 15. The van der Waals surface area contributed by atoms with Gasteiger partial charge >= 0.3 is 5.69 Å². The molecule has 133 heavy (non-hydrogen) atoms. The molecule has 0 aromatic heterocycles. The lowest BCUT2D eigenvalue weighted by atomic mass is 9.91. The zero-order chi connectivity index (χ0) is 102. The van der Waals surface area contributed by atoms with Gasteiger partial charge in [-0.05, 0) is 169 Å². The van der Waals surface area contributed by atoms with Gasteiger partial charge in [-0.3, -0.25) is 43.7 Å². The molecule has 0 aliphatic carbocycles. The molecule has 15 N–H and O–H groups in total. The van der Waals surface area contributed by atoms with Gasteiger partial charge in [-0.2, -0.15) is 0 Å². The van der Waals surface area contributed by atoms with Crippen LogP contribution in [0.3, 0.4) is 0 Å². The smallest absolute Gasteiger partial charge is 0.310 e. The molecule has 0 saturated heterocycles. The predicted octanol–water partition coefficient (Wildman–Crippen LogP) is 17.7. The van der Waals surface area contributed by atoms with Gasteiger partial charge in [0.15, 0.2) is 57.7 Å². The third-order valence-corrected chi connectivity index (χ3v) is 21.1. The monoisotopic (exact) mass is 1850 g/mol. The lowest BCUT2D eigenvalue weighted by Crippen LogP contribution is -2.44. The van der Waals surface area contributed by atoms with E-state index in [1.165, 1.54) is 35.9 Å². The van der Waals surface area contributed by atoms with Crippen LogP contribution in [0.2, 0.25) is 0 Å². The number of ketones is 7. The summed E-state index contributed by atoms with van der Waals surface area (Å²) in [5, 5.41) is 109. The van der Waals surface area contributed by atoms with Crippen LogP contribution in [0, 0.1) is 65.4 Å². The highest BCUT2D eigenvalue weighted by molar-refractivity contribution is 5.89. The van der Waals surface area contributed by atoms with Crippen LogP contribution in [-0.2, 0) is 85.1 Å². The Balaban J connectivity index is 0.000000776. The molecular weight excluding hydrogens is 1680 g/mol. The highest BCUT2D eigenvalue weighted by Crippen LogP contribution is 2.30. The highest BCUT2D eigenvalue weighted by atomic mass is 16.6. The molecule has 0 aliphatic rings. The molecule has 7 aromatic carbocycles. The van der Waals surface area contributed by atoms with Crippen LogP contribution < -0.4 is 37.2 Å². The molecule has 0 bridgehead atoms. The maximum Gasteiger partial charge on any atom is 0.310 e. The second-order valence-corrected chi connectivity index (χ2v) is 38.9. The first-order valence-corrected chi connectivity index (χ1v) is 47.3. The number of aromatic hydroxyl groups is 7. The number of phenols is 7. The summed E-state index contributed by atoms with van der Waals surface area (Å²) in [6, 6.07) is 41.9. The van der Waals surface area contributed by atoms with Gasteiger partial charge in [-0.15, -0.1) is 0 Å². The van der Waals surface area contributed by atoms with Crippen molar-refractivity contribution >= 4 is 46.2 Å². The number of phenolic OH excluding ortho intramolecular Hbond substituents is 7. The Bertz CT molecular complexity index is 4590. The van der Waals surface area contributed by atoms with E-state index in [2.05, 4.69) is 90.9 Å². The highest BCUT2D eigenvalue weighted by Gasteiger charge is 2.30. The van der Waals surface area contributed by atoms with Crippen LogP contribution in [0.25, 0.3) is 0 Å². The fourth-order valence-electron chi connectivity index (χ4n) is 14.6. The number of aryl methyl sites for hydroxylation is 2. The van der Waals surface area contributed by atoms with Crippen LogP contribution in [0.5, 0.6) is 40.2 Å². The van der Waals surface area contributed by atoms with Gasteiger partial charge in [0, 0.05) is 95.9 Å². The van der Waals surface area contributed by atoms with Crippen LogP contribution in [-0.4, -0.2) is 171 Å². The minimum Gasteiger partial charge on any atom is -0.508 e. The Morgan fingerprint density at radius 1 is 0.263 bits per heavy atom. The number of aliphatic hydroxyl groups is 1. The number of nitrogens with zero attached hydrogens (tertiary/aromatic N) is 1. The number of nitro groups is 1. The van der Waals surface area contributed by atoms with E-state index in [4.69, 9.17) is 5.11 Å². The first kappa shape index (κ1) is 121. The average Bonchev–Trinajstić information content (AvgIpc) is 0.833. The second-order valence-electron chi connectivity index (χ2n) is 38.9. The number of benzene rings is 7. The molecule has 0 amide bonds. The van der Waals surface area contributed by atoms with E-state index in [-0.39, 0.29) is 201 Å². The third kappa shape index (κ3) is 48.6. The van der Waals surface area contributed by atoms with Crippen molar-refractivity contribution in [2.75, 3.05) is 0 Å². The first-order valence-electron chi connectivity index (χ1n) is 47.3. The molecule has 25 nitrogen and oxygen atoms in total. The zero-order valence-corrected chi connectivity index (χ0v) is 85.3. The van der Waals surface area contributed by atoms with E-state index in [0.717, 1.165) is 50.9 Å². The molecule has 25 heteroatoms. The second kappa shape index (κ2) is 61.7. The minimum atomic E-state index is -0.631. The molecular formula is C108H166N8O17. The van der Waals surface area contributed by atoms with Crippen molar-refractivity contribution in [2.45, 2.75) is 344 Å². The summed E-state index contributed by atoms with van der Waals surface area (Å²) >= 11 is 0. The number of hydrogen-bond acceptors (Lipinski definition) is 24. The molecule has 0 aliphatic heterocycles. The number of nitrogens with one attached hydrogen (secondary N) is 7. The number of carbonyl (C=O) groups excluding carboxylic acids is 7. The fourth-order valence-corrected chi connectivity index (χ4v) is 14.6. The first-order chi connectivity index (χ1) is 61.9. The normalized spacial score (nSPS) is 12.9. The number of nitro benzene ring substituents is 1. The molecule has 7 unspecified atom stereocenters. The summed E-state index contributed by atoms with van der Waals surface area (Å²) in [6.07, 6.45) is 4.12. The van der Waals surface area contributed by atoms with Gasteiger partial charge in [0.2, 0.25) is 0 Å². The fraction of sp³-hybridized carbons (Fsp3) is 0.546. The largest absolute Gasteiger partial charge is 0.508 e. The molecule has 0 spiro atoms. The summed E-state index contributed by atoms with van der Waals surface area (Å²) in [6.45, 7) is 59.0. The number of aliphatic hydroxyl groups excluding tert-OH is 1. The SMILES string of the molecule is CC(C)NC(Cc1cc(O)cc(O)c1)C(=O)C(C)C.CC(C)NC(Cc1ccc(CO)cc1)C(=O)C(C)C.CC(C)NC(Cc1ccc(O)c(O)c1)C(=O)C(C)C.CC(C)NC(Cc1ccc(O)c([N+](=O)[O-])c1)C(=O)C(C)C.CC(C)NC(Cc1ccc(O)cc1)C(=O)C(C)C.CC(C)NC(Cc1ccccc1)C(=O)C(C)C.Cc1cc(O)cc(C)c1CC(NC(C)C)C(=O)C(C)C. The standard InChI is InChI=1S/C17H27NO2.C16H25NO2.C15H22N2O4.2C15H23NO3.C15H23NO2.C15H23NO/c1-10(2)17(20)16(18-11(3)4)9-15-12(5)7-14(19)8-13(15)6;1-11(2)16(19)15(17-12(3)4)9-13-5-7-14(10-18)8-6-13;1-9(2)15(19)12(16-10(3)4)7-11-5-6-14(18)13(8-11)17(20)21;1-9(2)15(19)14(16-10(3)4)7-11-5-12(17)8-13(18)6-11;1-9(2)15(19)12(16-10(3)4)7-11-5-6-13(17)14(18)8-11;1-10(2)15(18)14(16-11(3)4)9-12-5-7-13(17)8-6-12;1-11(2)15(17)14(16-12(3)4)10-13-8-6-5-7-9-13/h7-8,10-11,16,18-19H,9H2,1-6H3;5-8,11-12,15,17-18H,9-10H2,1-4H3;5-6,8-10,12,16,18H,7H2,1-4H3;5-6,8-10,14,16-18H,7H2,1-4H3;5-6,8-10,12,16-18H,7H2,1-4H3;5-8,10-11,14,16-17H,9H2,1-4H3;5-9,11-12,14,16H,10H2,1-4H3. The van der Waals surface area contributed by atoms with Gasteiger partial charge in [-0.1, -0.05) is 273 Å². The summed E-state index contributed by atoms with van der Waals surface area (Å²) in [5.74, 6) is 1.21. The Morgan fingerprint density at radius 2 is 0.504 bits per heavy atom. The lowest BCUT2D eigenvalue weighted by molar-refractivity contribution is -0.385. The maximum atomic E-state index is 12.4. The maximum absolute atomic E-state index is 12.4. The van der Waals surface area contributed by atoms with E-state index in [1.807, 2.05) is 221 Å². The van der Waals surface area contributed by atoms with Crippen molar-refractivity contribution in [3.8, 4) is 40.2 Å². The molecule has 7 rings (SSSR count). The molecule has 7 atom stereocenters. The van der Waals surface area contributed by atoms with Gasteiger partial charge in [0.05, 0.1) is 53.8 Å². The quantitative estimate of drug-likeness (QED) is 0.00958. The average molecular weight is 1850 g/mol. The predicted molar refractivity (Wildman–Crippen MR) is 538 cm³/mol. The number of Topliss-reactive ketones (excluding diaryl/α,β-unsaturated/α-hetero) is 7. The molecule has 0 saturated carbocycles. The van der Waals surface area contributed by atoms with Gasteiger partial charge < -0.3 is 78.1 Å². The van der Waals surface area contributed by atoms with Crippen LogP contribution >= 0.6 is 0 Å². The van der Waals surface area contributed by atoms with E-state index in [0.29, 0.717) is 55.9 Å². The Morgan fingerprint density at radius 3 is 0.782 bits per heavy atom. The number of carbonyl (C=O) groups is 7. The zero-order valence-electron chi connectivity index (χ0n) is 85.3. The van der Waals surface area contributed by atoms with Crippen molar-refractivity contribution in [3.05, 3.63) is 211 Å². The van der Waals surface area contributed by atoms with E-state index in [9.17, 15) is 79.4 Å². The van der Waals surface area contributed by atoms with Crippen LogP contribution in [0.15, 0.2) is 146 Å². The van der Waals surface area contributed by atoms with Crippen LogP contribution in [0.1, 0.15) is 249 Å². The molecule has 0 radical (unpaired) electrons. The summed E-state index contributed by atoms with van der Waals surface area (Å²) in [4.78, 5) is 95.6. The van der Waals surface area contributed by atoms with Gasteiger partial charge in [-0.25, -0.2) is 0 Å². The lowest BCUT2D eigenvalue weighted by Gasteiger charge is -2.23. The van der Waals surface area contributed by atoms with E-state index < -0.39 is 11.0 Å². The third-order valence-electron chi connectivity index (χ3n) is 21.1. The Kier molecular flexibility index (Phi) is 56.1. The van der Waals surface area contributed by atoms with Crippen molar-refractivity contribution in [1.82, 2.24) is 37.2 Å². The molecule has 740 valence electrons. The summed E-state index contributed by atoms with van der Waals surface area (Å²) in [5.41, 5.74) is 9.36. The number of rotatable bonds is 44. The van der Waals surface area contributed by atoms with Gasteiger partial charge in [0.25, 0.3) is 0 Å². The topological polar surface area (TPSA) is 409 Å². The van der Waals surface area contributed by atoms with Gasteiger partial charge in [0.1, 0.15) is 23.0 Å². The van der Waals surface area contributed by atoms with E-state index >= 15 is 0 Å². The van der Waals surface area contributed by atoms with Crippen molar-refractivity contribution in [2.24, 2.45) is 41.4 Å². The van der Waals surface area contributed by atoms with Crippen molar-refractivity contribution in [3.63, 3.8) is 0 Å². The molecule has 7 aromatic rings.